The van der Waals surface area contributed by atoms with E-state index < -0.39 is 0 Å². The molecule has 2 aromatic rings. The molecule has 0 aliphatic carbocycles. The summed E-state index contributed by atoms with van der Waals surface area (Å²) < 4.78 is 1.08. The summed E-state index contributed by atoms with van der Waals surface area (Å²) in [6.45, 7) is 5.74. The zero-order valence-corrected chi connectivity index (χ0v) is 13.9. The average Bonchev–Trinajstić information content (AvgIpc) is 2.45. The van der Waals surface area contributed by atoms with E-state index in [1.165, 1.54) is 0 Å². The Hall–Kier alpha value is -1.88. The highest BCUT2D eigenvalue weighted by Crippen LogP contribution is 2.23. The van der Waals surface area contributed by atoms with Gasteiger partial charge in [-0.05, 0) is 42.8 Å². The van der Waals surface area contributed by atoms with E-state index >= 15 is 0 Å². The molecule has 5 heteroatoms. The molecule has 0 unspecified atom stereocenters. The van der Waals surface area contributed by atoms with Crippen molar-refractivity contribution in [1.29, 1.82) is 0 Å². The molecule has 110 valence electrons. The summed E-state index contributed by atoms with van der Waals surface area (Å²) in [6.07, 6.45) is 1.70. The number of rotatable bonds is 4. The molecule has 0 spiro atoms. The first-order chi connectivity index (χ1) is 9.95. The molecule has 1 amide bonds. The van der Waals surface area contributed by atoms with E-state index in [2.05, 4.69) is 37.6 Å². The van der Waals surface area contributed by atoms with Gasteiger partial charge in [0.25, 0.3) is 0 Å². The van der Waals surface area contributed by atoms with Crippen LogP contribution >= 0.6 is 15.9 Å². The van der Waals surface area contributed by atoms with Crippen LogP contribution in [0.3, 0.4) is 0 Å². The second kappa shape index (κ2) is 6.72. The highest BCUT2D eigenvalue weighted by Gasteiger charge is 2.07. The fourth-order valence-electron chi connectivity index (χ4n) is 1.70. The van der Waals surface area contributed by atoms with Crippen molar-refractivity contribution >= 4 is 39.0 Å². The largest absolute Gasteiger partial charge is 0.354 e. The van der Waals surface area contributed by atoms with E-state index in [0.717, 1.165) is 21.4 Å². The summed E-state index contributed by atoms with van der Waals surface area (Å²) in [6, 6.07) is 9.72. The van der Waals surface area contributed by atoms with Crippen LogP contribution in [0.2, 0.25) is 0 Å². The predicted molar refractivity (Wildman–Crippen MR) is 89.9 cm³/mol. The van der Waals surface area contributed by atoms with Gasteiger partial charge < -0.3 is 10.6 Å². The molecule has 0 radical (unpaired) electrons. The van der Waals surface area contributed by atoms with Gasteiger partial charge in [-0.3, -0.25) is 4.79 Å². The molecule has 0 bridgehead atoms. The number of nitrogens with one attached hydrogen (secondary N) is 2. The van der Waals surface area contributed by atoms with Crippen molar-refractivity contribution in [2.75, 3.05) is 10.6 Å². The standard InChI is InChI=1S/C16H18BrN3O/c1-10(2)16(21)20-15-7-5-13(9-18-15)19-12-4-6-14(17)11(3)8-12/h4-10,19H,1-3H3,(H,18,20,21). The lowest BCUT2D eigenvalue weighted by Gasteiger charge is -2.10. The normalized spacial score (nSPS) is 10.5. The minimum Gasteiger partial charge on any atom is -0.354 e. The highest BCUT2D eigenvalue weighted by atomic mass is 79.9. The van der Waals surface area contributed by atoms with E-state index in [1.54, 1.807) is 12.3 Å². The van der Waals surface area contributed by atoms with Gasteiger partial charge in [-0.15, -0.1) is 0 Å². The summed E-state index contributed by atoms with van der Waals surface area (Å²) >= 11 is 3.48. The number of aromatic nitrogens is 1. The summed E-state index contributed by atoms with van der Waals surface area (Å²) in [5, 5.41) is 6.04. The Bertz CT molecular complexity index is 638. The Labute approximate surface area is 133 Å². The van der Waals surface area contributed by atoms with Crippen LogP contribution in [0.25, 0.3) is 0 Å². The molecule has 0 aliphatic rings. The third-order valence-corrected chi connectivity index (χ3v) is 3.88. The molecule has 0 saturated heterocycles. The fraction of sp³-hybridized carbons (Fsp3) is 0.250. The van der Waals surface area contributed by atoms with Crippen molar-refractivity contribution in [2.24, 2.45) is 5.92 Å². The quantitative estimate of drug-likeness (QED) is 0.856. The number of aryl methyl sites for hydroxylation is 1. The third kappa shape index (κ3) is 4.29. The van der Waals surface area contributed by atoms with Crippen molar-refractivity contribution in [1.82, 2.24) is 4.98 Å². The van der Waals surface area contributed by atoms with Crippen LogP contribution < -0.4 is 10.6 Å². The van der Waals surface area contributed by atoms with E-state index in [9.17, 15) is 4.79 Å². The van der Waals surface area contributed by atoms with Crippen LogP contribution in [-0.4, -0.2) is 10.9 Å². The lowest BCUT2D eigenvalue weighted by molar-refractivity contribution is -0.118. The van der Waals surface area contributed by atoms with E-state index in [1.807, 2.05) is 39.0 Å². The molecular weight excluding hydrogens is 330 g/mol. The molecule has 1 aromatic carbocycles. The first-order valence-electron chi connectivity index (χ1n) is 6.76. The number of carbonyl (C=O) groups is 1. The lowest BCUT2D eigenvalue weighted by atomic mass is 10.2. The van der Waals surface area contributed by atoms with E-state index in [4.69, 9.17) is 0 Å². The molecule has 1 aromatic heterocycles. The first kappa shape index (κ1) is 15.5. The van der Waals surface area contributed by atoms with Crippen LogP contribution in [-0.2, 0) is 4.79 Å². The van der Waals surface area contributed by atoms with Gasteiger partial charge in [0.2, 0.25) is 5.91 Å². The number of anilines is 3. The zero-order chi connectivity index (χ0) is 15.4. The summed E-state index contributed by atoms with van der Waals surface area (Å²) in [4.78, 5) is 15.8. The average molecular weight is 348 g/mol. The van der Waals surface area contributed by atoms with Gasteiger partial charge >= 0.3 is 0 Å². The summed E-state index contributed by atoms with van der Waals surface area (Å²) in [5.74, 6) is 0.466. The molecule has 0 saturated carbocycles. The smallest absolute Gasteiger partial charge is 0.228 e. The van der Waals surface area contributed by atoms with E-state index in [0.29, 0.717) is 5.82 Å². The summed E-state index contributed by atoms with van der Waals surface area (Å²) in [5.41, 5.74) is 3.03. The van der Waals surface area contributed by atoms with E-state index in [-0.39, 0.29) is 11.8 Å². The van der Waals surface area contributed by atoms with Gasteiger partial charge in [0, 0.05) is 16.1 Å². The maximum atomic E-state index is 11.6. The zero-order valence-electron chi connectivity index (χ0n) is 12.3. The molecule has 0 atom stereocenters. The Morgan fingerprint density at radius 2 is 1.90 bits per heavy atom. The second-order valence-electron chi connectivity index (χ2n) is 5.17. The number of hydrogen-bond acceptors (Lipinski definition) is 3. The minimum atomic E-state index is -0.0599. The number of hydrogen-bond donors (Lipinski definition) is 2. The van der Waals surface area contributed by atoms with Crippen LogP contribution in [0, 0.1) is 12.8 Å². The maximum Gasteiger partial charge on any atom is 0.228 e. The van der Waals surface area contributed by atoms with Gasteiger partial charge in [0.15, 0.2) is 0 Å². The number of carbonyl (C=O) groups excluding carboxylic acids is 1. The van der Waals surface area contributed by atoms with Crippen molar-refractivity contribution in [2.45, 2.75) is 20.8 Å². The number of nitrogens with zero attached hydrogens (tertiary/aromatic N) is 1. The van der Waals surface area contributed by atoms with Gasteiger partial charge in [0.05, 0.1) is 11.9 Å². The topological polar surface area (TPSA) is 54.0 Å². The fourth-order valence-corrected chi connectivity index (χ4v) is 1.95. The number of amides is 1. The van der Waals surface area contributed by atoms with Crippen molar-refractivity contribution < 1.29 is 4.79 Å². The Kier molecular flexibility index (Phi) is 4.96. The molecule has 1 heterocycles. The van der Waals surface area contributed by atoms with Crippen LogP contribution in [0.5, 0.6) is 0 Å². The second-order valence-corrected chi connectivity index (χ2v) is 6.02. The maximum absolute atomic E-state index is 11.6. The highest BCUT2D eigenvalue weighted by molar-refractivity contribution is 9.10. The van der Waals surface area contributed by atoms with Gasteiger partial charge in [-0.25, -0.2) is 4.98 Å². The molecule has 2 rings (SSSR count). The molecule has 21 heavy (non-hydrogen) atoms. The monoisotopic (exact) mass is 347 g/mol. The molecule has 2 N–H and O–H groups in total. The summed E-state index contributed by atoms with van der Waals surface area (Å²) in [7, 11) is 0. The van der Waals surface area contributed by atoms with Gasteiger partial charge in [0.1, 0.15) is 5.82 Å². The molecule has 4 nitrogen and oxygen atoms in total. The van der Waals surface area contributed by atoms with Crippen molar-refractivity contribution in [3.05, 3.63) is 46.6 Å². The van der Waals surface area contributed by atoms with Crippen molar-refractivity contribution in [3.63, 3.8) is 0 Å². The molecular formula is C16H18BrN3O. The van der Waals surface area contributed by atoms with Gasteiger partial charge in [-0.1, -0.05) is 29.8 Å². The number of pyridine rings is 1. The minimum absolute atomic E-state index is 0.0354. The van der Waals surface area contributed by atoms with Crippen LogP contribution in [0.4, 0.5) is 17.2 Å². The Morgan fingerprint density at radius 3 is 2.48 bits per heavy atom. The third-order valence-electron chi connectivity index (χ3n) is 2.99. The predicted octanol–water partition coefficient (Wildman–Crippen LogP) is 4.49. The number of halogens is 1. The van der Waals surface area contributed by atoms with Gasteiger partial charge in [-0.2, -0.15) is 0 Å². The van der Waals surface area contributed by atoms with Crippen LogP contribution in [0.1, 0.15) is 19.4 Å². The lowest BCUT2D eigenvalue weighted by Crippen LogP contribution is -2.18. The Morgan fingerprint density at radius 1 is 1.19 bits per heavy atom. The van der Waals surface area contributed by atoms with Crippen LogP contribution in [0.15, 0.2) is 41.0 Å². The number of benzene rings is 1. The van der Waals surface area contributed by atoms with Crippen molar-refractivity contribution in [3.8, 4) is 0 Å². The molecule has 0 fully saturated rings. The Balaban J connectivity index is 2.05. The SMILES string of the molecule is Cc1cc(Nc2ccc(NC(=O)C(C)C)nc2)ccc1Br. The first-order valence-corrected chi connectivity index (χ1v) is 7.55. The molecule has 0 aliphatic heterocycles.